The molecule has 7 nitrogen and oxygen atoms in total. The van der Waals surface area contributed by atoms with Crippen LogP contribution in [0.3, 0.4) is 0 Å². The molecular weight excluding hydrogens is 458 g/mol. The summed E-state index contributed by atoms with van der Waals surface area (Å²) in [7, 11) is 3.28. The monoisotopic (exact) mass is 495 g/mol. The molecule has 2 amide bonds. The van der Waals surface area contributed by atoms with E-state index in [1.807, 2.05) is 24.3 Å². The van der Waals surface area contributed by atoms with Crippen LogP contribution in [0.2, 0.25) is 0 Å². The number of thioether (sulfide) groups is 2. The molecule has 3 atom stereocenters. The first kappa shape index (κ1) is 26.2. The molecule has 1 unspecified atom stereocenters. The van der Waals surface area contributed by atoms with Crippen molar-refractivity contribution >= 4 is 35.3 Å². The van der Waals surface area contributed by atoms with Crippen LogP contribution in [0.4, 0.5) is 0 Å². The van der Waals surface area contributed by atoms with Gasteiger partial charge in [0.25, 0.3) is 0 Å². The number of carbonyl (C=O) groups excluding carboxylic acids is 2. The molecule has 0 radical (unpaired) electrons. The lowest BCUT2D eigenvalue weighted by molar-refractivity contribution is -0.129. The summed E-state index contributed by atoms with van der Waals surface area (Å²) in [4.78, 5) is 25.9. The number of rotatable bonds is 12. The molecule has 0 bridgehead atoms. The summed E-state index contributed by atoms with van der Waals surface area (Å²) in [6.45, 7) is 0.966. The minimum absolute atomic E-state index is 0.105. The van der Waals surface area contributed by atoms with E-state index in [0.717, 1.165) is 23.0 Å². The lowest BCUT2D eigenvalue weighted by atomic mass is 9.91. The lowest BCUT2D eigenvalue weighted by Gasteiger charge is -2.24. The highest BCUT2D eigenvalue weighted by molar-refractivity contribution is 8.00. The molecule has 3 N–H and O–H groups in total. The number of hydrogen-bond donors (Lipinski definition) is 3. The van der Waals surface area contributed by atoms with Crippen molar-refractivity contribution in [3.05, 3.63) is 29.8 Å². The zero-order valence-electron chi connectivity index (χ0n) is 19.6. The highest BCUT2D eigenvalue weighted by atomic mass is 32.2. The maximum absolute atomic E-state index is 13.0. The van der Waals surface area contributed by atoms with Gasteiger partial charge >= 0.3 is 0 Å². The molecule has 1 aliphatic heterocycles. The van der Waals surface area contributed by atoms with Gasteiger partial charge in [0.1, 0.15) is 11.8 Å². The Labute approximate surface area is 205 Å². The van der Waals surface area contributed by atoms with Gasteiger partial charge in [-0.2, -0.15) is 11.8 Å². The zero-order valence-corrected chi connectivity index (χ0v) is 21.3. The van der Waals surface area contributed by atoms with E-state index in [1.165, 1.54) is 32.1 Å². The highest BCUT2D eigenvalue weighted by Crippen LogP contribution is 2.27. The van der Waals surface area contributed by atoms with Crippen LogP contribution in [0.1, 0.15) is 37.7 Å². The summed E-state index contributed by atoms with van der Waals surface area (Å²) < 4.78 is 10.4. The van der Waals surface area contributed by atoms with Crippen molar-refractivity contribution in [3.8, 4) is 5.75 Å². The van der Waals surface area contributed by atoms with Gasteiger partial charge in [0.2, 0.25) is 11.8 Å². The minimum Gasteiger partial charge on any atom is -0.497 e. The van der Waals surface area contributed by atoms with E-state index in [1.54, 1.807) is 37.7 Å². The summed E-state index contributed by atoms with van der Waals surface area (Å²) in [6.07, 6.45) is 6.50. The van der Waals surface area contributed by atoms with Crippen LogP contribution < -0.4 is 20.7 Å². The predicted molar refractivity (Wildman–Crippen MR) is 136 cm³/mol. The third-order valence-corrected chi connectivity index (χ3v) is 8.58. The Bertz CT molecular complexity index is 744. The van der Waals surface area contributed by atoms with Crippen LogP contribution in [0.25, 0.3) is 0 Å². The maximum atomic E-state index is 13.0. The van der Waals surface area contributed by atoms with E-state index in [9.17, 15) is 9.59 Å². The van der Waals surface area contributed by atoms with Crippen LogP contribution in [-0.4, -0.2) is 67.4 Å². The lowest BCUT2D eigenvalue weighted by Crippen LogP contribution is -2.53. The Morgan fingerprint density at radius 1 is 1.18 bits per heavy atom. The molecule has 1 saturated heterocycles. The normalized spacial score (nSPS) is 22.0. The molecule has 2 aliphatic rings. The van der Waals surface area contributed by atoms with Crippen LogP contribution in [0, 0.1) is 5.92 Å². The van der Waals surface area contributed by atoms with Crippen LogP contribution in [0.5, 0.6) is 5.75 Å². The van der Waals surface area contributed by atoms with Gasteiger partial charge in [-0.3, -0.25) is 14.9 Å². The summed E-state index contributed by atoms with van der Waals surface area (Å²) in [5.41, 5.74) is 0.986. The topological polar surface area (TPSA) is 88.7 Å². The second kappa shape index (κ2) is 14.1. The SMILES string of the molecule is COCC1N[C@H](C(=O)N[C@@H](CSCC2CCCCC2)C(=O)NCc2ccc(OC)cc2)CS1. The number of methoxy groups -OCH3 is 2. The van der Waals surface area contributed by atoms with E-state index in [2.05, 4.69) is 16.0 Å². The molecule has 3 rings (SSSR count). The fourth-order valence-electron chi connectivity index (χ4n) is 4.15. The first-order valence-corrected chi connectivity index (χ1v) is 13.9. The number of amides is 2. The van der Waals surface area contributed by atoms with E-state index in [-0.39, 0.29) is 23.2 Å². The number of benzene rings is 1. The van der Waals surface area contributed by atoms with Crippen molar-refractivity contribution in [3.63, 3.8) is 0 Å². The molecule has 33 heavy (non-hydrogen) atoms. The average molecular weight is 496 g/mol. The Morgan fingerprint density at radius 3 is 2.64 bits per heavy atom. The molecule has 1 heterocycles. The Kier molecular flexibility index (Phi) is 11.2. The molecule has 0 spiro atoms. The summed E-state index contributed by atoms with van der Waals surface area (Å²) in [5.74, 6) is 3.55. The number of nitrogens with one attached hydrogen (secondary N) is 3. The maximum Gasteiger partial charge on any atom is 0.243 e. The van der Waals surface area contributed by atoms with Gasteiger partial charge in [0.15, 0.2) is 0 Å². The fourth-order valence-corrected chi connectivity index (χ4v) is 6.59. The molecule has 1 aromatic rings. The zero-order chi connectivity index (χ0) is 23.5. The van der Waals surface area contributed by atoms with Crippen molar-refractivity contribution in [2.45, 2.75) is 56.1 Å². The highest BCUT2D eigenvalue weighted by Gasteiger charge is 2.32. The summed E-state index contributed by atoms with van der Waals surface area (Å²) in [6, 6.07) is 6.75. The third kappa shape index (κ3) is 8.70. The molecule has 1 aromatic carbocycles. The molecule has 2 fully saturated rings. The first-order chi connectivity index (χ1) is 16.1. The van der Waals surface area contributed by atoms with E-state index >= 15 is 0 Å². The second-order valence-corrected chi connectivity index (χ2v) is 11.0. The van der Waals surface area contributed by atoms with Gasteiger partial charge in [0.05, 0.1) is 25.1 Å². The van der Waals surface area contributed by atoms with E-state index < -0.39 is 6.04 Å². The molecule has 9 heteroatoms. The van der Waals surface area contributed by atoms with Crippen molar-refractivity contribution in [2.24, 2.45) is 5.92 Å². The van der Waals surface area contributed by atoms with Crippen molar-refractivity contribution in [1.29, 1.82) is 0 Å². The van der Waals surface area contributed by atoms with Gasteiger partial charge in [-0.1, -0.05) is 31.4 Å². The van der Waals surface area contributed by atoms with Gasteiger partial charge in [-0.15, -0.1) is 11.8 Å². The summed E-state index contributed by atoms with van der Waals surface area (Å²) in [5, 5.41) is 9.40. The molecule has 1 saturated carbocycles. The number of carbonyl (C=O) groups is 2. The second-order valence-electron chi connectivity index (χ2n) is 8.67. The predicted octanol–water partition coefficient (Wildman–Crippen LogP) is 2.79. The molecule has 184 valence electrons. The number of ether oxygens (including phenoxy) is 2. The fraction of sp³-hybridized carbons (Fsp3) is 0.667. The number of hydrogen-bond acceptors (Lipinski definition) is 7. The van der Waals surface area contributed by atoms with Crippen molar-refractivity contribution in [2.75, 3.05) is 38.1 Å². The van der Waals surface area contributed by atoms with Crippen LogP contribution in [-0.2, 0) is 20.9 Å². The van der Waals surface area contributed by atoms with Gasteiger partial charge in [-0.05, 0) is 42.2 Å². The van der Waals surface area contributed by atoms with E-state index in [4.69, 9.17) is 9.47 Å². The standard InChI is InChI=1S/C24H37N3O4S2/c1-30-13-22-26-21(16-33-22)24(29)27-20(15-32-14-18-6-4-3-5-7-18)23(28)25-12-17-8-10-19(31-2)11-9-17/h8-11,18,20-22,26H,3-7,12-16H2,1-2H3,(H,25,28)(H,27,29)/t20-,21-,22?/m0/s1. The average Bonchev–Trinajstić information content (AvgIpc) is 3.32. The molecular formula is C24H37N3O4S2. The smallest absolute Gasteiger partial charge is 0.243 e. The van der Waals surface area contributed by atoms with Crippen molar-refractivity contribution < 1.29 is 19.1 Å². The largest absolute Gasteiger partial charge is 0.497 e. The third-order valence-electron chi connectivity index (χ3n) is 6.11. The quantitative estimate of drug-likeness (QED) is 0.411. The Hall–Kier alpha value is -1.42. The molecule has 0 aromatic heterocycles. The molecule has 1 aliphatic carbocycles. The van der Waals surface area contributed by atoms with Gasteiger partial charge in [0, 0.05) is 25.2 Å². The summed E-state index contributed by atoms with van der Waals surface area (Å²) >= 11 is 3.45. The van der Waals surface area contributed by atoms with E-state index in [0.29, 0.717) is 24.7 Å². The van der Waals surface area contributed by atoms with Gasteiger partial charge < -0.3 is 20.1 Å². The van der Waals surface area contributed by atoms with Crippen LogP contribution in [0.15, 0.2) is 24.3 Å². The Balaban J connectivity index is 1.53. The minimum atomic E-state index is -0.558. The van der Waals surface area contributed by atoms with Crippen molar-refractivity contribution in [1.82, 2.24) is 16.0 Å². The Morgan fingerprint density at radius 2 is 1.94 bits per heavy atom. The van der Waals surface area contributed by atoms with Gasteiger partial charge in [-0.25, -0.2) is 0 Å². The van der Waals surface area contributed by atoms with Crippen LogP contribution >= 0.6 is 23.5 Å². The first-order valence-electron chi connectivity index (χ1n) is 11.7.